The predicted molar refractivity (Wildman–Crippen MR) is 42.5 cm³/mol. The Bertz CT molecular complexity index is 293. The molecular formula is C7H11N3O2. The van der Waals surface area contributed by atoms with Gasteiger partial charge in [0.05, 0.1) is 11.3 Å². The number of aliphatic hydroxyl groups is 1. The van der Waals surface area contributed by atoms with Gasteiger partial charge in [-0.2, -0.15) is 5.10 Å². The van der Waals surface area contributed by atoms with Gasteiger partial charge in [0, 0.05) is 26.3 Å². The van der Waals surface area contributed by atoms with E-state index in [2.05, 4.69) is 5.10 Å². The van der Waals surface area contributed by atoms with Gasteiger partial charge < -0.3 is 10.8 Å². The number of primary amides is 1. The SMILES string of the molecule is Cn1cc(C(N)=O)c(CCO)n1. The van der Waals surface area contributed by atoms with E-state index >= 15 is 0 Å². The second-order valence-corrected chi connectivity index (χ2v) is 2.50. The summed E-state index contributed by atoms with van der Waals surface area (Å²) in [4.78, 5) is 10.8. The van der Waals surface area contributed by atoms with Crippen molar-refractivity contribution in [3.8, 4) is 0 Å². The second kappa shape index (κ2) is 3.36. The molecule has 1 amide bonds. The van der Waals surface area contributed by atoms with E-state index < -0.39 is 5.91 Å². The van der Waals surface area contributed by atoms with Gasteiger partial charge in [0.2, 0.25) is 0 Å². The molecule has 66 valence electrons. The Morgan fingerprint density at radius 1 is 1.83 bits per heavy atom. The number of aryl methyl sites for hydroxylation is 1. The molecule has 1 heterocycles. The van der Waals surface area contributed by atoms with E-state index in [9.17, 15) is 4.79 Å². The Kier molecular flexibility index (Phi) is 2.44. The minimum Gasteiger partial charge on any atom is -0.396 e. The zero-order chi connectivity index (χ0) is 9.14. The van der Waals surface area contributed by atoms with Gasteiger partial charge in [-0.15, -0.1) is 0 Å². The zero-order valence-corrected chi connectivity index (χ0v) is 6.82. The molecule has 0 bridgehead atoms. The van der Waals surface area contributed by atoms with Crippen molar-refractivity contribution in [1.29, 1.82) is 0 Å². The van der Waals surface area contributed by atoms with Crippen LogP contribution in [0.4, 0.5) is 0 Å². The molecule has 0 fully saturated rings. The van der Waals surface area contributed by atoms with Crippen molar-refractivity contribution in [2.75, 3.05) is 6.61 Å². The Balaban J connectivity index is 2.99. The quantitative estimate of drug-likeness (QED) is 0.612. The number of carbonyl (C=O) groups is 1. The monoisotopic (exact) mass is 169 g/mol. The molecule has 1 aromatic heterocycles. The Morgan fingerprint density at radius 3 is 3.00 bits per heavy atom. The summed E-state index contributed by atoms with van der Waals surface area (Å²) in [7, 11) is 1.70. The molecule has 5 nitrogen and oxygen atoms in total. The largest absolute Gasteiger partial charge is 0.396 e. The lowest BCUT2D eigenvalue weighted by molar-refractivity contribution is 0.0999. The summed E-state index contributed by atoms with van der Waals surface area (Å²) in [5.74, 6) is -0.508. The third kappa shape index (κ3) is 1.62. The van der Waals surface area contributed by atoms with E-state index in [4.69, 9.17) is 10.8 Å². The molecule has 0 aliphatic rings. The maximum Gasteiger partial charge on any atom is 0.252 e. The second-order valence-electron chi connectivity index (χ2n) is 2.50. The fourth-order valence-electron chi connectivity index (χ4n) is 1.03. The fourth-order valence-corrected chi connectivity index (χ4v) is 1.03. The van der Waals surface area contributed by atoms with Crippen molar-refractivity contribution in [3.05, 3.63) is 17.5 Å². The molecule has 0 saturated heterocycles. The Labute approximate surface area is 69.8 Å². The molecule has 12 heavy (non-hydrogen) atoms. The molecular weight excluding hydrogens is 158 g/mol. The van der Waals surface area contributed by atoms with Crippen LogP contribution in [0.5, 0.6) is 0 Å². The number of rotatable bonds is 3. The summed E-state index contributed by atoms with van der Waals surface area (Å²) in [5, 5.41) is 12.6. The van der Waals surface area contributed by atoms with Gasteiger partial charge in [-0.1, -0.05) is 0 Å². The predicted octanol–water partition coefficient (Wildman–Crippen LogP) is -0.946. The molecule has 0 radical (unpaired) electrons. The maximum absolute atomic E-state index is 10.8. The normalized spacial score (nSPS) is 10.2. The maximum atomic E-state index is 10.8. The summed E-state index contributed by atoms with van der Waals surface area (Å²) >= 11 is 0. The average Bonchev–Trinajstić information content (AvgIpc) is 2.32. The van der Waals surface area contributed by atoms with Gasteiger partial charge in [-0.05, 0) is 0 Å². The number of aromatic nitrogens is 2. The van der Waals surface area contributed by atoms with Crippen LogP contribution in [0.15, 0.2) is 6.20 Å². The van der Waals surface area contributed by atoms with Gasteiger partial charge in [-0.3, -0.25) is 9.48 Å². The highest BCUT2D eigenvalue weighted by Gasteiger charge is 2.11. The smallest absolute Gasteiger partial charge is 0.252 e. The summed E-state index contributed by atoms with van der Waals surface area (Å²) < 4.78 is 1.51. The van der Waals surface area contributed by atoms with E-state index in [1.807, 2.05) is 0 Å². The molecule has 1 rings (SSSR count). The first-order chi connectivity index (χ1) is 5.65. The van der Waals surface area contributed by atoms with Crippen LogP contribution < -0.4 is 5.73 Å². The highest BCUT2D eigenvalue weighted by atomic mass is 16.3. The lowest BCUT2D eigenvalue weighted by Gasteiger charge is -1.93. The van der Waals surface area contributed by atoms with Crippen LogP contribution in [0.3, 0.4) is 0 Å². The van der Waals surface area contributed by atoms with Crippen LogP contribution in [0, 0.1) is 0 Å². The highest BCUT2D eigenvalue weighted by Crippen LogP contribution is 2.05. The van der Waals surface area contributed by atoms with Crippen LogP contribution in [-0.2, 0) is 13.5 Å². The van der Waals surface area contributed by atoms with Gasteiger partial charge in [0.15, 0.2) is 0 Å². The first kappa shape index (κ1) is 8.73. The van der Waals surface area contributed by atoms with Crippen molar-refractivity contribution < 1.29 is 9.90 Å². The third-order valence-electron chi connectivity index (χ3n) is 1.52. The fraction of sp³-hybridized carbons (Fsp3) is 0.429. The summed E-state index contributed by atoms with van der Waals surface area (Å²) in [6.07, 6.45) is 1.91. The number of hydrogen-bond donors (Lipinski definition) is 2. The number of nitrogens with two attached hydrogens (primary N) is 1. The zero-order valence-electron chi connectivity index (χ0n) is 6.82. The van der Waals surface area contributed by atoms with Gasteiger partial charge >= 0.3 is 0 Å². The first-order valence-corrected chi connectivity index (χ1v) is 3.58. The molecule has 0 atom stereocenters. The van der Waals surface area contributed by atoms with Crippen LogP contribution in [0.2, 0.25) is 0 Å². The molecule has 0 saturated carbocycles. The highest BCUT2D eigenvalue weighted by molar-refractivity contribution is 5.93. The Morgan fingerprint density at radius 2 is 2.50 bits per heavy atom. The van der Waals surface area contributed by atoms with Crippen molar-refractivity contribution in [3.63, 3.8) is 0 Å². The van der Waals surface area contributed by atoms with E-state index in [1.54, 1.807) is 13.2 Å². The number of carbonyl (C=O) groups excluding carboxylic acids is 1. The standard InChI is InChI=1S/C7H11N3O2/c1-10-4-5(7(8)12)6(9-10)2-3-11/h4,11H,2-3H2,1H3,(H2,8,12). The van der Waals surface area contributed by atoms with Gasteiger partial charge in [0.25, 0.3) is 5.91 Å². The van der Waals surface area contributed by atoms with Crippen LogP contribution in [0.25, 0.3) is 0 Å². The molecule has 0 aliphatic carbocycles. The van der Waals surface area contributed by atoms with Crippen molar-refractivity contribution in [2.45, 2.75) is 6.42 Å². The van der Waals surface area contributed by atoms with E-state index in [1.165, 1.54) is 4.68 Å². The van der Waals surface area contributed by atoms with E-state index in [-0.39, 0.29) is 6.61 Å². The van der Waals surface area contributed by atoms with E-state index in [0.29, 0.717) is 17.7 Å². The topological polar surface area (TPSA) is 81.1 Å². The molecule has 3 N–H and O–H groups in total. The summed E-state index contributed by atoms with van der Waals surface area (Å²) in [6, 6.07) is 0. The molecule has 0 unspecified atom stereocenters. The first-order valence-electron chi connectivity index (χ1n) is 3.58. The molecule has 5 heteroatoms. The van der Waals surface area contributed by atoms with Crippen molar-refractivity contribution in [2.24, 2.45) is 12.8 Å². The minimum absolute atomic E-state index is 0.0305. The average molecular weight is 169 g/mol. The van der Waals surface area contributed by atoms with Gasteiger partial charge in [-0.25, -0.2) is 0 Å². The summed E-state index contributed by atoms with van der Waals surface area (Å²) in [6.45, 7) is -0.0305. The molecule has 0 aromatic carbocycles. The lowest BCUT2D eigenvalue weighted by atomic mass is 10.2. The Hall–Kier alpha value is -1.36. The van der Waals surface area contributed by atoms with Crippen LogP contribution in [-0.4, -0.2) is 27.4 Å². The summed E-state index contributed by atoms with van der Waals surface area (Å²) in [5.41, 5.74) is 6.01. The number of amides is 1. The molecule has 0 spiro atoms. The van der Waals surface area contributed by atoms with Crippen LogP contribution in [0.1, 0.15) is 16.1 Å². The van der Waals surface area contributed by atoms with Gasteiger partial charge in [0.1, 0.15) is 0 Å². The number of hydrogen-bond acceptors (Lipinski definition) is 3. The minimum atomic E-state index is -0.508. The van der Waals surface area contributed by atoms with Crippen molar-refractivity contribution in [1.82, 2.24) is 9.78 Å². The molecule has 1 aromatic rings. The van der Waals surface area contributed by atoms with E-state index in [0.717, 1.165) is 0 Å². The van der Waals surface area contributed by atoms with Crippen LogP contribution >= 0.6 is 0 Å². The number of nitrogens with zero attached hydrogens (tertiary/aromatic N) is 2. The lowest BCUT2D eigenvalue weighted by Crippen LogP contribution is -2.12. The number of aliphatic hydroxyl groups excluding tert-OH is 1. The third-order valence-corrected chi connectivity index (χ3v) is 1.52. The van der Waals surface area contributed by atoms with Crippen molar-refractivity contribution >= 4 is 5.91 Å². The molecule has 0 aliphatic heterocycles.